The molecule has 0 bridgehead atoms. The van der Waals surface area contributed by atoms with Crippen molar-refractivity contribution in [1.82, 2.24) is 10.2 Å². The van der Waals surface area contributed by atoms with E-state index in [9.17, 15) is 14.0 Å². The molecule has 0 saturated carbocycles. The van der Waals surface area contributed by atoms with Crippen molar-refractivity contribution in [2.24, 2.45) is 0 Å². The zero-order valence-electron chi connectivity index (χ0n) is 18.6. The normalized spacial score (nSPS) is 11.9. The topological polar surface area (TPSA) is 58.6 Å². The molecule has 0 aliphatic carbocycles. The highest BCUT2D eigenvalue weighted by Crippen LogP contribution is 2.23. The number of carbonyl (C=O) groups is 2. The number of rotatable bonds is 8. The van der Waals surface area contributed by atoms with Crippen LogP contribution in [-0.2, 0) is 16.1 Å². The summed E-state index contributed by atoms with van der Waals surface area (Å²) >= 11 is 0. The molecule has 1 N–H and O–H groups in total. The molecule has 0 aromatic heterocycles. The maximum atomic E-state index is 13.3. The maximum Gasteiger partial charge on any atom is 0.261 e. The van der Waals surface area contributed by atoms with Gasteiger partial charge in [0.15, 0.2) is 6.61 Å². The van der Waals surface area contributed by atoms with Gasteiger partial charge in [0.2, 0.25) is 5.91 Å². The van der Waals surface area contributed by atoms with Crippen LogP contribution in [0.25, 0.3) is 0 Å². The van der Waals surface area contributed by atoms with E-state index in [0.29, 0.717) is 5.75 Å². The highest BCUT2D eigenvalue weighted by molar-refractivity contribution is 5.88. The Morgan fingerprint density at radius 3 is 2.30 bits per heavy atom. The minimum Gasteiger partial charge on any atom is -0.483 e. The molecule has 2 amide bonds. The first-order valence-corrected chi connectivity index (χ1v) is 10.1. The Bertz CT molecular complexity index is 894. The van der Waals surface area contributed by atoms with E-state index in [0.717, 1.165) is 22.3 Å². The van der Waals surface area contributed by atoms with E-state index in [2.05, 4.69) is 11.4 Å². The number of benzene rings is 2. The summed E-state index contributed by atoms with van der Waals surface area (Å²) in [6, 6.07) is 9.11. The van der Waals surface area contributed by atoms with Crippen molar-refractivity contribution in [2.75, 3.05) is 6.61 Å². The van der Waals surface area contributed by atoms with Crippen molar-refractivity contribution in [3.8, 4) is 5.75 Å². The van der Waals surface area contributed by atoms with Crippen LogP contribution in [0.3, 0.4) is 0 Å². The molecule has 2 aromatic carbocycles. The highest BCUT2D eigenvalue weighted by atomic mass is 19.1. The van der Waals surface area contributed by atoms with Gasteiger partial charge in [-0.1, -0.05) is 18.2 Å². The van der Waals surface area contributed by atoms with E-state index in [1.165, 1.54) is 17.0 Å². The summed E-state index contributed by atoms with van der Waals surface area (Å²) in [6.07, 6.45) is 0. The summed E-state index contributed by atoms with van der Waals surface area (Å²) in [5.74, 6) is -0.259. The summed E-state index contributed by atoms with van der Waals surface area (Å²) in [5.41, 5.74) is 3.85. The number of nitrogens with one attached hydrogen (secondary N) is 1. The van der Waals surface area contributed by atoms with Gasteiger partial charge in [-0.25, -0.2) is 4.39 Å². The second-order valence-electron chi connectivity index (χ2n) is 7.98. The molecule has 0 fully saturated rings. The molecule has 0 heterocycles. The minimum absolute atomic E-state index is 0.0445. The zero-order valence-corrected chi connectivity index (χ0v) is 18.6. The number of amides is 2. The van der Waals surface area contributed by atoms with Gasteiger partial charge in [0.05, 0.1) is 0 Å². The second kappa shape index (κ2) is 10.2. The van der Waals surface area contributed by atoms with Gasteiger partial charge in [0.25, 0.3) is 5.91 Å². The number of carbonyl (C=O) groups excluding carboxylic acids is 2. The molecule has 30 heavy (non-hydrogen) atoms. The summed E-state index contributed by atoms with van der Waals surface area (Å²) in [4.78, 5) is 27.1. The molecule has 0 radical (unpaired) electrons. The first kappa shape index (κ1) is 23.4. The molecule has 0 unspecified atom stereocenters. The highest BCUT2D eigenvalue weighted by Gasteiger charge is 2.27. The predicted octanol–water partition coefficient (Wildman–Crippen LogP) is 4.07. The molecule has 6 heteroatoms. The lowest BCUT2D eigenvalue weighted by Gasteiger charge is -2.29. The van der Waals surface area contributed by atoms with Gasteiger partial charge in [0, 0.05) is 12.6 Å². The Balaban J connectivity index is 2.20. The molecular formula is C24H31FN2O3. The van der Waals surface area contributed by atoms with Crippen molar-refractivity contribution in [2.45, 2.75) is 60.2 Å². The van der Waals surface area contributed by atoms with Crippen molar-refractivity contribution >= 4 is 11.8 Å². The van der Waals surface area contributed by atoms with Crippen LogP contribution < -0.4 is 10.1 Å². The molecular weight excluding hydrogens is 383 g/mol. The predicted molar refractivity (Wildman–Crippen MR) is 116 cm³/mol. The summed E-state index contributed by atoms with van der Waals surface area (Å²) in [5, 5.41) is 2.84. The number of ether oxygens (including phenoxy) is 1. The van der Waals surface area contributed by atoms with E-state index in [4.69, 9.17) is 4.74 Å². The van der Waals surface area contributed by atoms with Gasteiger partial charge in [-0.05, 0) is 82.0 Å². The van der Waals surface area contributed by atoms with Gasteiger partial charge < -0.3 is 15.0 Å². The van der Waals surface area contributed by atoms with Crippen LogP contribution in [0.2, 0.25) is 0 Å². The Labute approximate surface area is 178 Å². The van der Waals surface area contributed by atoms with Crippen LogP contribution in [0.15, 0.2) is 36.4 Å². The van der Waals surface area contributed by atoms with Crippen molar-refractivity contribution in [3.05, 3.63) is 64.5 Å². The van der Waals surface area contributed by atoms with E-state index >= 15 is 0 Å². The number of hydrogen-bond donors (Lipinski definition) is 1. The second-order valence-corrected chi connectivity index (χ2v) is 7.98. The lowest BCUT2D eigenvalue weighted by molar-refractivity contribution is -0.142. The minimum atomic E-state index is -0.700. The van der Waals surface area contributed by atoms with Crippen molar-refractivity contribution < 1.29 is 18.7 Å². The quantitative estimate of drug-likeness (QED) is 0.708. The third-order valence-electron chi connectivity index (χ3n) is 4.98. The third-order valence-corrected chi connectivity index (χ3v) is 4.98. The molecule has 162 valence electrons. The lowest BCUT2D eigenvalue weighted by Crippen LogP contribution is -2.50. The Kier molecular flexibility index (Phi) is 7.98. The first-order chi connectivity index (χ1) is 14.1. The largest absolute Gasteiger partial charge is 0.483 e. The molecule has 0 aliphatic rings. The van der Waals surface area contributed by atoms with Crippen LogP contribution in [-0.4, -0.2) is 35.4 Å². The number of hydrogen-bond acceptors (Lipinski definition) is 3. The van der Waals surface area contributed by atoms with Crippen LogP contribution in [0, 0.1) is 26.6 Å². The van der Waals surface area contributed by atoms with Gasteiger partial charge in [-0.3, -0.25) is 9.59 Å². The van der Waals surface area contributed by atoms with E-state index in [1.807, 2.05) is 40.7 Å². The molecule has 5 nitrogen and oxygen atoms in total. The summed E-state index contributed by atoms with van der Waals surface area (Å²) < 4.78 is 19.1. The lowest BCUT2D eigenvalue weighted by atomic mass is 10.1. The van der Waals surface area contributed by atoms with Gasteiger partial charge in [-0.15, -0.1) is 0 Å². The van der Waals surface area contributed by atoms with Crippen LogP contribution >= 0.6 is 0 Å². The third kappa shape index (κ3) is 6.31. The molecule has 0 saturated heterocycles. The molecule has 0 spiro atoms. The molecule has 2 aromatic rings. The Hall–Kier alpha value is -2.89. The standard InChI is InChI=1S/C24H31FN2O3/c1-15(2)26-24(29)19(6)27(13-20-7-9-21(25)10-8-20)23(28)14-30-22-12-16(3)11-17(4)18(22)5/h7-12,15,19H,13-14H2,1-6H3,(H,26,29)/t19-/m0/s1. The SMILES string of the molecule is Cc1cc(C)c(C)c(OCC(=O)N(Cc2ccc(F)cc2)[C@@H](C)C(=O)NC(C)C)c1. The van der Waals surface area contributed by atoms with Crippen LogP contribution in [0.4, 0.5) is 4.39 Å². The first-order valence-electron chi connectivity index (χ1n) is 10.1. The van der Waals surface area contributed by atoms with Gasteiger partial charge in [0.1, 0.15) is 17.6 Å². The van der Waals surface area contributed by atoms with Crippen molar-refractivity contribution in [1.29, 1.82) is 0 Å². The maximum absolute atomic E-state index is 13.3. The zero-order chi connectivity index (χ0) is 22.4. The van der Waals surface area contributed by atoms with E-state index < -0.39 is 6.04 Å². The average Bonchev–Trinajstić information content (AvgIpc) is 2.67. The van der Waals surface area contributed by atoms with E-state index in [1.54, 1.807) is 19.1 Å². The molecule has 0 aliphatic heterocycles. The number of aryl methyl sites for hydroxylation is 2. The van der Waals surface area contributed by atoms with Gasteiger partial charge in [-0.2, -0.15) is 0 Å². The Morgan fingerprint density at radius 2 is 1.70 bits per heavy atom. The monoisotopic (exact) mass is 414 g/mol. The number of nitrogens with zero attached hydrogens (tertiary/aromatic N) is 1. The fourth-order valence-electron chi connectivity index (χ4n) is 3.15. The smallest absolute Gasteiger partial charge is 0.261 e. The fourth-order valence-corrected chi connectivity index (χ4v) is 3.15. The van der Waals surface area contributed by atoms with Crippen molar-refractivity contribution in [3.63, 3.8) is 0 Å². The fraction of sp³-hybridized carbons (Fsp3) is 0.417. The van der Waals surface area contributed by atoms with E-state index in [-0.39, 0.29) is 36.8 Å². The average molecular weight is 415 g/mol. The number of halogens is 1. The molecule has 1 atom stereocenters. The summed E-state index contributed by atoms with van der Waals surface area (Å²) in [6.45, 7) is 11.3. The van der Waals surface area contributed by atoms with Crippen LogP contribution in [0.5, 0.6) is 5.75 Å². The Morgan fingerprint density at radius 1 is 1.07 bits per heavy atom. The van der Waals surface area contributed by atoms with Gasteiger partial charge >= 0.3 is 0 Å². The summed E-state index contributed by atoms with van der Waals surface area (Å²) in [7, 11) is 0. The molecule has 2 rings (SSSR count). The van der Waals surface area contributed by atoms with Crippen LogP contribution in [0.1, 0.15) is 43.0 Å².